The number of hydrogen-bond acceptors (Lipinski definition) is 5. The number of hydroxylamine groups is 1. The van der Waals surface area contributed by atoms with Gasteiger partial charge >= 0.3 is 0 Å². The Bertz CT molecular complexity index is 248. The van der Waals surface area contributed by atoms with Crippen molar-refractivity contribution in [3.63, 3.8) is 0 Å². The van der Waals surface area contributed by atoms with Crippen LogP contribution < -0.4 is 5.48 Å². The van der Waals surface area contributed by atoms with Gasteiger partial charge in [-0.1, -0.05) is 0 Å². The summed E-state index contributed by atoms with van der Waals surface area (Å²) in [6.45, 7) is 0. The zero-order valence-electron chi connectivity index (χ0n) is 8.53. The molecule has 0 saturated carbocycles. The first-order chi connectivity index (χ1) is 7.24. The van der Waals surface area contributed by atoms with E-state index in [1.165, 1.54) is 0 Å². The quantitative estimate of drug-likeness (QED) is 0.616. The minimum Gasteiger partial charge on any atom is -0.316 e. The van der Waals surface area contributed by atoms with Crippen LogP contribution in [0.3, 0.4) is 0 Å². The Morgan fingerprint density at radius 2 is 1.20 bits per heavy atom. The van der Waals surface area contributed by atoms with Gasteiger partial charge in [0.1, 0.15) is 0 Å². The summed E-state index contributed by atoms with van der Waals surface area (Å²) in [4.78, 5) is 0. The third-order valence-corrected chi connectivity index (χ3v) is 2.38. The molecule has 0 radical (unpaired) electrons. The fourth-order valence-corrected chi connectivity index (χ4v) is 1.43. The van der Waals surface area contributed by atoms with Gasteiger partial charge in [-0.3, -0.25) is 0 Å². The monoisotopic (exact) mass is 206 g/mol. The average molecular weight is 206 g/mol. The molecule has 0 fully saturated rings. The van der Waals surface area contributed by atoms with E-state index in [4.69, 9.17) is 21.0 Å². The van der Waals surface area contributed by atoms with Crippen molar-refractivity contribution in [1.29, 1.82) is 15.8 Å². The van der Waals surface area contributed by atoms with E-state index in [9.17, 15) is 0 Å². The molecule has 0 aliphatic rings. The van der Waals surface area contributed by atoms with Gasteiger partial charge in [0.2, 0.25) is 0 Å². The summed E-state index contributed by atoms with van der Waals surface area (Å²) in [5, 5.41) is 34.5. The van der Waals surface area contributed by atoms with E-state index in [1.807, 2.05) is 18.2 Å². The van der Waals surface area contributed by atoms with E-state index in [0.29, 0.717) is 38.5 Å². The maximum absolute atomic E-state index is 9.08. The molecule has 0 aliphatic heterocycles. The Morgan fingerprint density at radius 1 is 0.867 bits per heavy atom. The van der Waals surface area contributed by atoms with E-state index < -0.39 is 5.54 Å². The first kappa shape index (κ1) is 13.4. The molecule has 5 heteroatoms. The normalized spacial score (nSPS) is 10.0. The Morgan fingerprint density at radius 3 is 1.40 bits per heavy atom. The molecule has 0 heterocycles. The Balaban J connectivity index is 4.40. The van der Waals surface area contributed by atoms with Gasteiger partial charge < -0.3 is 5.21 Å². The Kier molecular flexibility index (Phi) is 6.93. The van der Waals surface area contributed by atoms with E-state index in [-0.39, 0.29) is 0 Å². The Hall–Kier alpha value is -1.61. The highest BCUT2D eigenvalue weighted by Crippen LogP contribution is 2.24. The molecule has 80 valence electrons. The zero-order chi connectivity index (χ0) is 11.6. The molecule has 0 amide bonds. The molecule has 0 aromatic rings. The maximum Gasteiger partial charge on any atom is 0.0622 e. The molecule has 15 heavy (non-hydrogen) atoms. The van der Waals surface area contributed by atoms with E-state index in [1.54, 1.807) is 0 Å². The summed E-state index contributed by atoms with van der Waals surface area (Å²) >= 11 is 0. The first-order valence-electron chi connectivity index (χ1n) is 4.77. The first-order valence-corrected chi connectivity index (χ1v) is 4.77. The van der Waals surface area contributed by atoms with Crippen molar-refractivity contribution in [2.75, 3.05) is 0 Å². The van der Waals surface area contributed by atoms with E-state index in [2.05, 4.69) is 5.48 Å². The van der Waals surface area contributed by atoms with Crippen LogP contribution in [0.1, 0.15) is 38.5 Å². The lowest BCUT2D eigenvalue weighted by Crippen LogP contribution is -2.43. The van der Waals surface area contributed by atoms with Gasteiger partial charge in [-0.05, 0) is 19.3 Å². The van der Waals surface area contributed by atoms with Crippen LogP contribution in [0.5, 0.6) is 0 Å². The van der Waals surface area contributed by atoms with Gasteiger partial charge in [0, 0.05) is 24.8 Å². The summed E-state index contributed by atoms with van der Waals surface area (Å²) in [6, 6.07) is 5.98. The lowest BCUT2D eigenvalue weighted by molar-refractivity contribution is 0.0460. The number of hydrogen-bond donors (Lipinski definition) is 2. The molecule has 0 saturated heterocycles. The number of nitrogens with one attached hydrogen (secondary N) is 1. The summed E-state index contributed by atoms with van der Waals surface area (Å²) < 4.78 is 0. The second-order valence-electron chi connectivity index (χ2n) is 3.37. The Labute approximate surface area is 89.5 Å². The average Bonchev–Trinajstić information content (AvgIpc) is 2.29. The van der Waals surface area contributed by atoms with Crippen LogP contribution in [0.2, 0.25) is 0 Å². The fraction of sp³-hybridized carbons (Fsp3) is 0.700. The van der Waals surface area contributed by atoms with Gasteiger partial charge in [0.05, 0.1) is 18.2 Å². The van der Waals surface area contributed by atoms with Crippen LogP contribution in [-0.2, 0) is 0 Å². The largest absolute Gasteiger partial charge is 0.316 e. The molecule has 0 spiro atoms. The predicted octanol–water partition coefficient (Wildman–Crippen LogP) is 1.62. The topological polar surface area (TPSA) is 104 Å². The summed E-state index contributed by atoms with van der Waals surface area (Å²) in [5.74, 6) is 0. The van der Waals surface area contributed by atoms with Crippen molar-refractivity contribution < 1.29 is 5.21 Å². The summed E-state index contributed by atoms with van der Waals surface area (Å²) in [6.07, 6.45) is 2.23. The van der Waals surface area contributed by atoms with E-state index in [0.717, 1.165) is 0 Å². The molecule has 0 aromatic carbocycles. The number of nitrogens with zero attached hydrogens (tertiary/aromatic N) is 3. The third-order valence-electron chi connectivity index (χ3n) is 2.38. The zero-order valence-corrected chi connectivity index (χ0v) is 8.53. The molecular formula is C10H14N4O. The number of rotatable bonds is 7. The van der Waals surface area contributed by atoms with Gasteiger partial charge in [-0.2, -0.15) is 21.3 Å². The molecule has 5 nitrogen and oxygen atoms in total. The third kappa shape index (κ3) is 4.98. The standard InChI is InChI=1S/C10H14N4O/c11-7-1-4-10(14-15,5-2-8-12)6-3-9-13/h14-15H,1-6H2. The molecule has 0 aliphatic carbocycles. The minimum absolute atomic E-state index is 0.296. The van der Waals surface area contributed by atoms with Crippen molar-refractivity contribution in [1.82, 2.24) is 5.48 Å². The number of nitriles is 3. The van der Waals surface area contributed by atoms with Gasteiger partial charge in [-0.15, -0.1) is 0 Å². The molecule has 0 rings (SSSR count). The van der Waals surface area contributed by atoms with Crippen molar-refractivity contribution in [3.05, 3.63) is 0 Å². The van der Waals surface area contributed by atoms with Crippen LogP contribution in [-0.4, -0.2) is 10.7 Å². The lowest BCUT2D eigenvalue weighted by atomic mass is 9.85. The van der Waals surface area contributed by atoms with Crippen molar-refractivity contribution in [3.8, 4) is 18.2 Å². The second-order valence-corrected chi connectivity index (χ2v) is 3.37. The molecule has 0 atom stereocenters. The molecule has 0 unspecified atom stereocenters. The summed E-state index contributed by atoms with van der Waals surface area (Å²) in [7, 11) is 0. The van der Waals surface area contributed by atoms with Crippen LogP contribution in [0.15, 0.2) is 0 Å². The van der Waals surface area contributed by atoms with Gasteiger partial charge in [0.15, 0.2) is 0 Å². The molecular weight excluding hydrogens is 192 g/mol. The maximum atomic E-state index is 9.08. The van der Waals surface area contributed by atoms with Crippen LogP contribution in [0.4, 0.5) is 0 Å². The molecule has 0 bridgehead atoms. The predicted molar refractivity (Wildman–Crippen MR) is 52.2 cm³/mol. The van der Waals surface area contributed by atoms with Gasteiger partial charge in [-0.25, -0.2) is 0 Å². The lowest BCUT2D eigenvalue weighted by Gasteiger charge is -2.30. The molecule has 0 aromatic heterocycles. The summed E-state index contributed by atoms with van der Waals surface area (Å²) in [5.41, 5.74) is 1.50. The van der Waals surface area contributed by atoms with Crippen molar-refractivity contribution >= 4 is 0 Å². The van der Waals surface area contributed by atoms with Crippen LogP contribution >= 0.6 is 0 Å². The minimum atomic E-state index is -0.665. The SMILES string of the molecule is N#CCCC(CCC#N)(CCC#N)NO. The highest BCUT2D eigenvalue weighted by Gasteiger charge is 2.28. The molecule has 2 N–H and O–H groups in total. The van der Waals surface area contributed by atoms with Gasteiger partial charge in [0.25, 0.3) is 0 Å². The second kappa shape index (κ2) is 7.76. The van der Waals surface area contributed by atoms with Crippen LogP contribution in [0, 0.1) is 34.0 Å². The van der Waals surface area contributed by atoms with Crippen LogP contribution in [0.25, 0.3) is 0 Å². The van der Waals surface area contributed by atoms with Crippen molar-refractivity contribution in [2.45, 2.75) is 44.1 Å². The van der Waals surface area contributed by atoms with Crippen molar-refractivity contribution in [2.24, 2.45) is 0 Å². The van der Waals surface area contributed by atoms with E-state index >= 15 is 0 Å². The highest BCUT2D eigenvalue weighted by molar-refractivity contribution is 4.93. The fourth-order valence-electron chi connectivity index (χ4n) is 1.43. The highest BCUT2D eigenvalue weighted by atomic mass is 16.5. The smallest absolute Gasteiger partial charge is 0.0622 e.